The molecule has 0 aromatic carbocycles. The first-order valence-corrected chi connectivity index (χ1v) is 4.75. The third-order valence-corrected chi connectivity index (χ3v) is 2.59. The molecule has 0 radical (unpaired) electrons. The molecule has 0 aromatic rings. The van der Waals surface area contributed by atoms with Crippen LogP contribution >= 0.6 is 0 Å². The molecule has 1 aliphatic rings. The lowest BCUT2D eigenvalue weighted by molar-refractivity contribution is -0.129. The second-order valence-electron chi connectivity index (χ2n) is 4.40. The first kappa shape index (κ1) is 9.72. The average Bonchev–Trinajstić information content (AvgIpc) is 1.82. The Balaban J connectivity index is 2.67. The van der Waals surface area contributed by atoms with Crippen LogP contribution < -0.4 is 0 Å². The summed E-state index contributed by atoms with van der Waals surface area (Å²) < 4.78 is 0. The molecule has 0 saturated carbocycles. The van der Waals surface area contributed by atoms with Gasteiger partial charge in [0.05, 0.1) is 6.04 Å². The summed E-state index contributed by atoms with van der Waals surface area (Å²) in [4.78, 5) is 13.8. The minimum absolute atomic E-state index is 0.168. The highest BCUT2D eigenvalue weighted by atomic mass is 16.1. The Morgan fingerprint density at radius 2 is 2.08 bits per heavy atom. The zero-order valence-electron chi connectivity index (χ0n) is 8.50. The summed E-state index contributed by atoms with van der Waals surface area (Å²) in [7, 11) is 2.05. The monoisotopic (exact) mass is 169 g/mol. The van der Waals surface area contributed by atoms with Gasteiger partial charge in [0.1, 0.15) is 0 Å². The summed E-state index contributed by atoms with van der Waals surface area (Å²) >= 11 is 0. The van der Waals surface area contributed by atoms with Crippen LogP contribution in [0, 0.1) is 11.8 Å². The van der Waals surface area contributed by atoms with Crippen molar-refractivity contribution in [2.24, 2.45) is 11.8 Å². The fourth-order valence-corrected chi connectivity index (χ4v) is 2.26. The van der Waals surface area contributed by atoms with Gasteiger partial charge in [-0.1, -0.05) is 20.8 Å². The van der Waals surface area contributed by atoms with Crippen LogP contribution in [0.3, 0.4) is 0 Å². The fourth-order valence-electron chi connectivity index (χ4n) is 2.26. The summed E-state index contributed by atoms with van der Waals surface area (Å²) in [6.07, 6.45) is 0.771. The third kappa shape index (κ3) is 1.86. The maximum absolute atomic E-state index is 11.6. The summed E-state index contributed by atoms with van der Waals surface area (Å²) in [5.41, 5.74) is 0. The second kappa shape index (κ2) is 3.56. The number of likely N-dealkylation sites (N-methyl/N-ethyl adjacent to an activating group) is 1. The predicted molar refractivity (Wildman–Crippen MR) is 50.0 cm³/mol. The fraction of sp³-hybridized carbons (Fsp3) is 0.900. The molecule has 2 heteroatoms. The van der Waals surface area contributed by atoms with Gasteiger partial charge in [-0.25, -0.2) is 0 Å². The van der Waals surface area contributed by atoms with Crippen molar-refractivity contribution in [1.29, 1.82) is 0 Å². The number of Topliss-reactive ketones (excluding diaryl/α,β-unsaturated/α-hetero) is 1. The largest absolute Gasteiger partial charge is 0.298 e. The molecular weight excluding hydrogens is 150 g/mol. The molecule has 0 amide bonds. The van der Waals surface area contributed by atoms with E-state index in [1.54, 1.807) is 0 Å². The van der Waals surface area contributed by atoms with Crippen LogP contribution in [0.15, 0.2) is 0 Å². The van der Waals surface area contributed by atoms with E-state index in [0.29, 0.717) is 17.6 Å². The number of ketones is 1. The second-order valence-corrected chi connectivity index (χ2v) is 4.40. The molecule has 1 heterocycles. The Hall–Kier alpha value is -0.370. The van der Waals surface area contributed by atoms with E-state index in [1.165, 1.54) is 0 Å². The van der Waals surface area contributed by atoms with E-state index in [2.05, 4.69) is 32.7 Å². The Kier molecular flexibility index (Phi) is 2.89. The number of hydrogen-bond acceptors (Lipinski definition) is 2. The molecule has 2 atom stereocenters. The van der Waals surface area contributed by atoms with Crippen LogP contribution in [0.4, 0.5) is 0 Å². The van der Waals surface area contributed by atoms with Crippen molar-refractivity contribution in [2.75, 3.05) is 13.6 Å². The number of piperidine rings is 1. The van der Waals surface area contributed by atoms with Crippen LogP contribution in [-0.4, -0.2) is 30.3 Å². The lowest BCUT2D eigenvalue weighted by Gasteiger charge is -2.36. The summed E-state index contributed by atoms with van der Waals surface area (Å²) in [6.45, 7) is 7.45. The molecule has 0 N–H and O–H groups in total. The van der Waals surface area contributed by atoms with E-state index in [0.717, 1.165) is 13.0 Å². The highest BCUT2D eigenvalue weighted by Crippen LogP contribution is 2.21. The van der Waals surface area contributed by atoms with Gasteiger partial charge in [-0.15, -0.1) is 0 Å². The van der Waals surface area contributed by atoms with E-state index in [1.807, 2.05) is 0 Å². The van der Waals surface area contributed by atoms with Gasteiger partial charge >= 0.3 is 0 Å². The molecule has 2 nitrogen and oxygen atoms in total. The molecule has 0 unspecified atom stereocenters. The Labute approximate surface area is 74.9 Å². The molecular formula is C10H19NO. The number of likely N-dealkylation sites (tertiary alicyclic amines) is 1. The lowest BCUT2D eigenvalue weighted by Crippen LogP contribution is -2.49. The maximum atomic E-state index is 11.6. The van der Waals surface area contributed by atoms with Crippen molar-refractivity contribution in [3.8, 4) is 0 Å². The van der Waals surface area contributed by atoms with Gasteiger partial charge in [0, 0.05) is 13.0 Å². The van der Waals surface area contributed by atoms with Gasteiger partial charge in [0.25, 0.3) is 0 Å². The van der Waals surface area contributed by atoms with Crippen LogP contribution in [-0.2, 0) is 4.79 Å². The van der Waals surface area contributed by atoms with Crippen molar-refractivity contribution in [3.63, 3.8) is 0 Å². The van der Waals surface area contributed by atoms with Crippen molar-refractivity contribution in [3.05, 3.63) is 0 Å². The topological polar surface area (TPSA) is 20.3 Å². The molecule has 0 spiro atoms. The van der Waals surface area contributed by atoms with Gasteiger partial charge in [0.15, 0.2) is 5.78 Å². The summed E-state index contributed by atoms with van der Waals surface area (Å²) in [5.74, 6) is 1.42. The van der Waals surface area contributed by atoms with Crippen molar-refractivity contribution >= 4 is 5.78 Å². The Morgan fingerprint density at radius 3 is 2.50 bits per heavy atom. The van der Waals surface area contributed by atoms with Gasteiger partial charge in [-0.05, 0) is 18.9 Å². The van der Waals surface area contributed by atoms with Crippen molar-refractivity contribution in [1.82, 2.24) is 4.90 Å². The molecule has 1 aliphatic heterocycles. The van der Waals surface area contributed by atoms with Gasteiger partial charge in [0.2, 0.25) is 0 Å². The Bertz CT molecular complexity index is 177. The van der Waals surface area contributed by atoms with Gasteiger partial charge in [-0.2, -0.15) is 0 Å². The molecule has 1 fully saturated rings. The first-order valence-electron chi connectivity index (χ1n) is 4.75. The number of carbonyl (C=O) groups is 1. The number of carbonyl (C=O) groups excluding carboxylic acids is 1. The maximum Gasteiger partial charge on any atom is 0.150 e. The molecule has 70 valence electrons. The lowest BCUT2D eigenvalue weighted by atomic mass is 9.87. The van der Waals surface area contributed by atoms with Crippen LogP contribution in [0.5, 0.6) is 0 Å². The van der Waals surface area contributed by atoms with Crippen molar-refractivity contribution in [2.45, 2.75) is 33.2 Å². The normalized spacial score (nSPS) is 32.9. The summed E-state index contributed by atoms with van der Waals surface area (Å²) in [5, 5.41) is 0. The average molecular weight is 169 g/mol. The van der Waals surface area contributed by atoms with Crippen LogP contribution in [0.25, 0.3) is 0 Å². The first-order chi connectivity index (χ1) is 5.52. The number of nitrogens with zero attached hydrogens (tertiary/aromatic N) is 1. The SMILES string of the molecule is CC(C)[C@H]1C(=O)C[C@@H](C)CN1C. The number of rotatable bonds is 1. The molecule has 0 aliphatic carbocycles. The quantitative estimate of drug-likeness (QED) is 0.593. The third-order valence-electron chi connectivity index (χ3n) is 2.59. The van der Waals surface area contributed by atoms with Crippen molar-refractivity contribution < 1.29 is 4.79 Å². The molecule has 0 bridgehead atoms. The highest BCUT2D eigenvalue weighted by molar-refractivity contribution is 5.85. The number of hydrogen-bond donors (Lipinski definition) is 0. The van der Waals surface area contributed by atoms with Gasteiger partial charge in [-0.3, -0.25) is 9.69 Å². The minimum atomic E-state index is 0.168. The van der Waals surface area contributed by atoms with E-state index >= 15 is 0 Å². The van der Waals surface area contributed by atoms with E-state index in [-0.39, 0.29) is 6.04 Å². The van der Waals surface area contributed by atoms with Crippen LogP contribution in [0.2, 0.25) is 0 Å². The van der Waals surface area contributed by atoms with E-state index < -0.39 is 0 Å². The van der Waals surface area contributed by atoms with Crippen LogP contribution in [0.1, 0.15) is 27.2 Å². The smallest absolute Gasteiger partial charge is 0.150 e. The van der Waals surface area contributed by atoms with Gasteiger partial charge < -0.3 is 0 Å². The Morgan fingerprint density at radius 1 is 1.50 bits per heavy atom. The highest BCUT2D eigenvalue weighted by Gasteiger charge is 2.32. The molecule has 0 aromatic heterocycles. The summed E-state index contributed by atoms with van der Waals surface area (Å²) in [6, 6.07) is 0.168. The molecule has 1 saturated heterocycles. The zero-order chi connectivity index (χ0) is 9.30. The minimum Gasteiger partial charge on any atom is -0.298 e. The molecule has 1 rings (SSSR count). The molecule has 12 heavy (non-hydrogen) atoms. The standard InChI is InChI=1S/C10H19NO/c1-7(2)10-9(12)5-8(3)6-11(10)4/h7-8,10H,5-6H2,1-4H3/t8-,10+/m1/s1. The van der Waals surface area contributed by atoms with E-state index in [9.17, 15) is 4.79 Å². The van der Waals surface area contributed by atoms with E-state index in [4.69, 9.17) is 0 Å². The predicted octanol–water partition coefficient (Wildman–Crippen LogP) is 1.55. The zero-order valence-corrected chi connectivity index (χ0v) is 8.50.